The van der Waals surface area contributed by atoms with Crippen LogP contribution in [0.1, 0.15) is 17.6 Å². The molecule has 0 aliphatic rings. The zero-order valence-electron chi connectivity index (χ0n) is 7.94. The summed E-state index contributed by atoms with van der Waals surface area (Å²) in [6.45, 7) is 3.80. The molecule has 0 saturated carbocycles. The lowest BCUT2D eigenvalue weighted by Gasteiger charge is -1.84. The third-order valence-electron chi connectivity index (χ3n) is 1.84. The Balaban J connectivity index is 2.42. The average Bonchev–Trinajstić information content (AvgIpc) is 2.71. The van der Waals surface area contributed by atoms with Gasteiger partial charge in [-0.25, -0.2) is 0 Å². The van der Waals surface area contributed by atoms with Crippen LogP contribution in [0.3, 0.4) is 0 Å². The molecule has 0 unspecified atom stereocenters. The second-order valence-electron chi connectivity index (χ2n) is 2.94. The van der Waals surface area contributed by atoms with E-state index in [0.29, 0.717) is 10.7 Å². The first-order valence-corrected chi connectivity index (χ1v) is 5.14. The van der Waals surface area contributed by atoms with Crippen molar-refractivity contribution in [2.75, 3.05) is 0 Å². The van der Waals surface area contributed by atoms with Crippen LogP contribution in [0.2, 0.25) is 0 Å². The standard InChI is InChI=1S/C9H10N2O2S/c1-3-7-8(12)10-9(14-7)6-4-5(2)13-11-6/h4,12H,3H2,1-2H3. The molecular formula is C9H10N2O2S. The van der Waals surface area contributed by atoms with Crippen LogP contribution in [0.5, 0.6) is 5.88 Å². The topological polar surface area (TPSA) is 59.2 Å². The summed E-state index contributed by atoms with van der Waals surface area (Å²) in [6, 6.07) is 1.80. The first-order chi connectivity index (χ1) is 6.70. The van der Waals surface area contributed by atoms with Crippen molar-refractivity contribution < 1.29 is 9.63 Å². The molecule has 14 heavy (non-hydrogen) atoms. The maximum atomic E-state index is 9.44. The van der Waals surface area contributed by atoms with E-state index in [1.54, 1.807) is 6.07 Å². The molecule has 74 valence electrons. The van der Waals surface area contributed by atoms with Gasteiger partial charge in [-0.2, -0.15) is 4.98 Å². The number of aromatic hydroxyl groups is 1. The van der Waals surface area contributed by atoms with Crippen molar-refractivity contribution in [2.24, 2.45) is 0 Å². The van der Waals surface area contributed by atoms with Gasteiger partial charge in [0.05, 0.1) is 4.88 Å². The number of aromatic nitrogens is 2. The molecule has 4 nitrogen and oxygen atoms in total. The molecule has 0 aliphatic carbocycles. The number of rotatable bonds is 2. The molecule has 0 atom stereocenters. The van der Waals surface area contributed by atoms with Crippen molar-refractivity contribution >= 4 is 11.3 Å². The summed E-state index contributed by atoms with van der Waals surface area (Å²) in [5, 5.41) is 14.0. The fourth-order valence-corrected chi connectivity index (χ4v) is 2.00. The van der Waals surface area contributed by atoms with Gasteiger partial charge in [0.25, 0.3) is 0 Å². The molecule has 1 N–H and O–H groups in total. The van der Waals surface area contributed by atoms with Gasteiger partial charge in [-0.3, -0.25) is 0 Å². The van der Waals surface area contributed by atoms with Gasteiger partial charge in [-0.05, 0) is 13.3 Å². The van der Waals surface area contributed by atoms with Gasteiger partial charge in [0.15, 0.2) is 0 Å². The summed E-state index contributed by atoms with van der Waals surface area (Å²) in [7, 11) is 0. The second kappa shape index (κ2) is 3.42. The van der Waals surface area contributed by atoms with Crippen LogP contribution < -0.4 is 0 Å². The van der Waals surface area contributed by atoms with E-state index in [2.05, 4.69) is 10.1 Å². The molecule has 0 fully saturated rings. The lowest BCUT2D eigenvalue weighted by molar-refractivity contribution is 0.399. The van der Waals surface area contributed by atoms with E-state index in [-0.39, 0.29) is 5.88 Å². The molecule has 0 saturated heterocycles. The van der Waals surface area contributed by atoms with E-state index in [0.717, 1.165) is 17.1 Å². The number of hydrogen-bond acceptors (Lipinski definition) is 5. The molecule has 2 rings (SSSR count). The van der Waals surface area contributed by atoms with Crippen LogP contribution >= 0.6 is 11.3 Å². The molecule has 0 aromatic carbocycles. The highest BCUT2D eigenvalue weighted by Crippen LogP contribution is 2.31. The van der Waals surface area contributed by atoms with Gasteiger partial charge >= 0.3 is 0 Å². The number of thiazole rings is 1. The highest BCUT2D eigenvalue weighted by Gasteiger charge is 2.12. The molecular weight excluding hydrogens is 200 g/mol. The van der Waals surface area contributed by atoms with E-state index in [1.165, 1.54) is 11.3 Å². The van der Waals surface area contributed by atoms with E-state index in [9.17, 15) is 5.11 Å². The summed E-state index contributed by atoms with van der Waals surface area (Å²) in [6.07, 6.45) is 0.778. The zero-order chi connectivity index (χ0) is 10.1. The zero-order valence-corrected chi connectivity index (χ0v) is 8.76. The van der Waals surface area contributed by atoms with Crippen molar-refractivity contribution in [2.45, 2.75) is 20.3 Å². The number of nitrogens with zero attached hydrogens (tertiary/aromatic N) is 2. The molecule has 2 aromatic rings. The molecule has 0 bridgehead atoms. The second-order valence-corrected chi connectivity index (χ2v) is 4.03. The highest BCUT2D eigenvalue weighted by molar-refractivity contribution is 7.15. The highest BCUT2D eigenvalue weighted by atomic mass is 32.1. The Morgan fingerprint density at radius 2 is 2.36 bits per heavy atom. The molecule has 0 aliphatic heterocycles. The van der Waals surface area contributed by atoms with Crippen molar-refractivity contribution in [3.63, 3.8) is 0 Å². The lowest BCUT2D eigenvalue weighted by Crippen LogP contribution is -1.73. The normalized spacial score (nSPS) is 10.7. The van der Waals surface area contributed by atoms with Gasteiger partial charge in [0.2, 0.25) is 5.88 Å². The Bertz CT molecular complexity index is 447. The van der Waals surface area contributed by atoms with Gasteiger partial charge in [0, 0.05) is 6.07 Å². The van der Waals surface area contributed by atoms with Crippen LogP contribution in [-0.2, 0) is 6.42 Å². The van der Waals surface area contributed by atoms with Crippen molar-refractivity contribution in [1.82, 2.24) is 10.1 Å². The third-order valence-corrected chi connectivity index (χ3v) is 3.06. The summed E-state index contributed by atoms with van der Waals surface area (Å²) in [5.74, 6) is 0.848. The number of hydrogen-bond donors (Lipinski definition) is 1. The van der Waals surface area contributed by atoms with E-state index < -0.39 is 0 Å². The smallest absolute Gasteiger partial charge is 0.225 e. The summed E-state index contributed by atoms with van der Waals surface area (Å²) >= 11 is 1.44. The van der Waals surface area contributed by atoms with Gasteiger partial charge in [-0.1, -0.05) is 12.1 Å². The van der Waals surface area contributed by atoms with Crippen LogP contribution in [0.4, 0.5) is 0 Å². The quantitative estimate of drug-likeness (QED) is 0.826. The minimum Gasteiger partial charge on any atom is -0.492 e. The van der Waals surface area contributed by atoms with Gasteiger partial charge < -0.3 is 9.63 Å². The Morgan fingerprint density at radius 3 is 2.86 bits per heavy atom. The van der Waals surface area contributed by atoms with Crippen LogP contribution in [0, 0.1) is 6.92 Å². The molecule has 0 amide bonds. The minimum absolute atomic E-state index is 0.105. The van der Waals surface area contributed by atoms with Gasteiger partial charge in [0.1, 0.15) is 16.5 Å². The SMILES string of the molecule is CCc1sc(-c2cc(C)on2)nc1O. The van der Waals surface area contributed by atoms with Crippen molar-refractivity contribution in [1.29, 1.82) is 0 Å². The van der Waals surface area contributed by atoms with Crippen molar-refractivity contribution in [3.8, 4) is 16.6 Å². The number of aryl methyl sites for hydroxylation is 2. The first-order valence-electron chi connectivity index (χ1n) is 4.33. The third kappa shape index (κ3) is 1.50. The summed E-state index contributed by atoms with van der Waals surface area (Å²) in [4.78, 5) is 4.89. The predicted molar refractivity (Wildman–Crippen MR) is 53.4 cm³/mol. The summed E-state index contributed by atoms with van der Waals surface area (Å²) in [5.41, 5.74) is 0.683. The summed E-state index contributed by atoms with van der Waals surface area (Å²) < 4.78 is 4.94. The van der Waals surface area contributed by atoms with Crippen molar-refractivity contribution in [3.05, 3.63) is 16.7 Å². The maximum absolute atomic E-state index is 9.44. The van der Waals surface area contributed by atoms with E-state index in [4.69, 9.17) is 4.52 Å². The largest absolute Gasteiger partial charge is 0.492 e. The average molecular weight is 210 g/mol. The molecule has 5 heteroatoms. The molecule has 2 heterocycles. The van der Waals surface area contributed by atoms with Gasteiger partial charge in [-0.15, -0.1) is 11.3 Å². The van der Waals surface area contributed by atoms with E-state index >= 15 is 0 Å². The van der Waals surface area contributed by atoms with Crippen LogP contribution in [0.25, 0.3) is 10.7 Å². The molecule has 0 spiro atoms. The Kier molecular flexibility index (Phi) is 2.25. The maximum Gasteiger partial charge on any atom is 0.225 e. The van der Waals surface area contributed by atoms with E-state index in [1.807, 2.05) is 13.8 Å². The molecule has 0 radical (unpaired) electrons. The Labute approximate surface area is 85.2 Å². The molecule has 2 aromatic heterocycles. The predicted octanol–water partition coefficient (Wildman–Crippen LogP) is 2.37. The minimum atomic E-state index is 0.105. The fourth-order valence-electron chi connectivity index (χ4n) is 1.15. The fraction of sp³-hybridized carbons (Fsp3) is 0.333. The first kappa shape index (κ1) is 9.21. The Morgan fingerprint density at radius 1 is 1.57 bits per heavy atom. The monoisotopic (exact) mass is 210 g/mol. The Hall–Kier alpha value is -1.36. The van der Waals surface area contributed by atoms with Crippen LogP contribution in [-0.4, -0.2) is 15.2 Å². The lowest BCUT2D eigenvalue weighted by atomic mass is 10.4. The van der Waals surface area contributed by atoms with Crippen LogP contribution in [0.15, 0.2) is 10.6 Å².